The first-order valence-corrected chi connectivity index (χ1v) is 12.7. The topological polar surface area (TPSA) is 69.7 Å². The largest absolute Gasteiger partial charge is 0.352 e. The van der Waals surface area contributed by atoms with Crippen molar-refractivity contribution >= 4 is 23.8 Å². The fourth-order valence-electron chi connectivity index (χ4n) is 4.71. The first kappa shape index (κ1) is 27.3. The van der Waals surface area contributed by atoms with Gasteiger partial charge >= 0.3 is 0 Å². The van der Waals surface area contributed by atoms with Crippen LogP contribution in [0.5, 0.6) is 0 Å². The van der Waals surface area contributed by atoms with Gasteiger partial charge in [-0.05, 0) is 73.7 Å². The van der Waals surface area contributed by atoms with Crippen molar-refractivity contribution in [3.05, 3.63) is 77.1 Å². The van der Waals surface area contributed by atoms with Gasteiger partial charge in [0, 0.05) is 37.2 Å². The van der Waals surface area contributed by atoms with E-state index < -0.39 is 11.8 Å². The molecule has 1 aliphatic heterocycles. The lowest BCUT2D eigenvalue weighted by molar-refractivity contribution is -0.126. The van der Waals surface area contributed by atoms with Crippen LogP contribution < -0.4 is 5.32 Å². The number of hydrogen-bond donors (Lipinski definition) is 1. The summed E-state index contributed by atoms with van der Waals surface area (Å²) in [5.41, 5.74) is 1.80. The highest BCUT2D eigenvalue weighted by atomic mass is 19.1. The SMILES string of the molecule is C=Cc1cc(C(=O)NCCCN2CCCCC2CC)ccc1C(=O)N(Cc1ccc(F)cc1)C(C)=O. The van der Waals surface area contributed by atoms with E-state index >= 15 is 0 Å². The lowest BCUT2D eigenvalue weighted by Gasteiger charge is -2.35. The first-order valence-electron chi connectivity index (χ1n) is 12.7. The van der Waals surface area contributed by atoms with Gasteiger partial charge in [-0.25, -0.2) is 4.39 Å². The summed E-state index contributed by atoms with van der Waals surface area (Å²) >= 11 is 0. The van der Waals surface area contributed by atoms with Gasteiger partial charge in [0.15, 0.2) is 0 Å². The third-order valence-corrected chi connectivity index (χ3v) is 6.77. The van der Waals surface area contributed by atoms with E-state index in [0.29, 0.717) is 29.3 Å². The molecule has 3 amide bonds. The van der Waals surface area contributed by atoms with Crippen LogP contribution in [-0.2, 0) is 11.3 Å². The van der Waals surface area contributed by atoms with E-state index in [-0.39, 0.29) is 23.8 Å². The Morgan fingerprint density at radius 2 is 1.92 bits per heavy atom. The predicted molar refractivity (Wildman–Crippen MR) is 140 cm³/mol. The summed E-state index contributed by atoms with van der Waals surface area (Å²) in [5, 5.41) is 2.97. The monoisotopic (exact) mass is 493 g/mol. The van der Waals surface area contributed by atoms with Crippen LogP contribution in [0.1, 0.15) is 77.8 Å². The molecule has 2 aromatic carbocycles. The average molecular weight is 494 g/mol. The summed E-state index contributed by atoms with van der Waals surface area (Å²) in [4.78, 5) is 41.8. The molecule has 1 aliphatic rings. The van der Waals surface area contributed by atoms with Crippen LogP contribution in [-0.4, -0.2) is 53.2 Å². The number of amides is 3. The second-order valence-electron chi connectivity index (χ2n) is 9.25. The highest BCUT2D eigenvalue weighted by molar-refractivity contribution is 6.07. The Kier molecular flexibility index (Phi) is 9.94. The summed E-state index contributed by atoms with van der Waals surface area (Å²) in [6, 6.07) is 11.0. The standard InChI is InChI=1S/C29H36FN3O3/c1-4-23-19-24(28(35)31-16-8-18-32-17-7-6-9-26(32)5-2)12-15-27(23)29(36)33(21(3)34)20-22-10-13-25(30)14-11-22/h4,10-15,19,26H,1,5-9,16-18,20H2,2-3H3,(H,31,35). The zero-order chi connectivity index (χ0) is 26.1. The van der Waals surface area contributed by atoms with Crippen molar-refractivity contribution in [2.45, 2.75) is 58.5 Å². The van der Waals surface area contributed by atoms with E-state index in [1.165, 1.54) is 56.5 Å². The van der Waals surface area contributed by atoms with Gasteiger partial charge < -0.3 is 10.2 Å². The molecule has 0 saturated carbocycles. The number of piperidine rings is 1. The van der Waals surface area contributed by atoms with E-state index in [9.17, 15) is 18.8 Å². The van der Waals surface area contributed by atoms with Crippen molar-refractivity contribution in [1.82, 2.24) is 15.1 Å². The van der Waals surface area contributed by atoms with Gasteiger partial charge in [0.25, 0.3) is 11.8 Å². The van der Waals surface area contributed by atoms with Crippen LogP contribution in [0, 0.1) is 5.82 Å². The molecule has 0 aromatic heterocycles. The number of nitrogens with one attached hydrogen (secondary N) is 1. The number of likely N-dealkylation sites (tertiary alicyclic amines) is 1. The van der Waals surface area contributed by atoms with Gasteiger partial charge in [0.1, 0.15) is 5.82 Å². The molecule has 3 rings (SSSR count). The number of halogens is 1. The fourth-order valence-corrected chi connectivity index (χ4v) is 4.71. The smallest absolute Gasteiger partial charge is 0.261 e. The zero-order valence-corrected chi connectivity index (χ0v) is 21.3. The molecule has 1 saturated heterocycles. The average Bonchev–Trinajstić information content (AvgIpc) is 2.89. The molecule has 1 atom stereocenters. The van der Waals surface area contributed by atoms with Gasteiger partial charge in [-0.3, -0.25) is 19.3 Å². The van der Waals surface area contributed by atoms with Crippen LogP contribution in [0.15, 0.2) is 49.0 Å². The van der Waals surface area contributed by atoms with Crippen LogP contribution in [0.2, 0.25) is 0 Å². The van der Waals surface area contributed by atoms with Crippen LogP contribution in [0.3, 0.4) is 0 Å². The molecule has 2 aromatic rings. The molecule has 0 bridgehead atoms. The fraction of sp³-hybridized carbons (Fsp3) is 0.414. The molecule has 1 N–H and O–H groups in total. The normalized spacial score (nSPS) is 15.8. The van der Waals surface area contributed by atoms with Crippen LogP contribution in [0.25, 0.3) is 6.08 Å². The van der Waals surface area contributed by atoms with Crippen LogP contribution >= 0.6 is 0 Å². The van der Waals surface area contributed by atoms with Gasteiger partial charge in [-0.1, -0.05) is 38.1 Å². The second kappa shape index (κ2) is 13.1. The maximum Gasteiger partial charge on any atom is 0.261 e. The Bertz CT molecular complexity index is 1080. The maximum atomic E-state index is 13.2. The van der Waals surface area contributed by atoms with Crippen molar-refractivity contribution in [3.63, 3.8) is 0 Å². The Hall–Kier alpha value is -3.32. The highest BCUT2D eigenvalue weighted by Gasteiger charge is 2.23. The number of rotatable bonds is 10. The van der Waals surface area contributed by atoms with Crippen LogP contribution in [0.4, 0.5) is 4.39 Å². The Balaban J connectivity index is 1.63. The molecule has 1 unspecified atom stereocenters. The number of nitrogens with zero attached hydrogens (tertiary/aromatic N) is 2. The molecule has 0 spiro atoms. The van der Waals surface area contributed by atoms with Crippen molar-refractivity contribution in [3.8, 4) is 0 Å². The number of carbonyl (C=O) groups excluding carboxylic acids is 3. The van der Waals surface area contributed by atoms with E-state index in [1.54, 1.807) is 18.2 Å². The van der Waals surface area contributed by atoms with Crippen molar-refractivity contribution in [2.75, 3.05) is 19.6 Å². The number of hydrogen-bond acceptors (Lipinski definition) is 4. The molecule has 0 aliphatic carbocycles. The summed E-state index contributed by atoms with van der Waals surface area (Å²) in [6.07, 6.45) is 7.33. The van der Waals surface area contributed by atoms with Crippen molar-refractivity contribution in [2.24, 2.45) is 0 Å². The van der Waals surface area contributed by atoms with Gasteiger partial charge in [-0.15, -0.1) is 0 Å². The van der Waals surface area contributed by atoms with Gasteiger partial charge in [0.2, 0.25) is 5.91 Å². The molecule has 0 radical (unpaired) electrons. The van der Waals surface area contributed by atoms with E-state index in [2.05, 4.69) is 23.7 Å². The number of benzene rings is 2. The van der Waals surface area contributed by atoms with E-state index in [0.717, 1.165) is 30.8 Å². The lowest BCUT2D eigenvalue weighted by Crippen LogP contribution is -2.40. The molecule has 192 valence electrons. The van der Waals surface area contributed by atoms with E-state index in [1.807, 2.05) is 0 Å². The van der Waals surface area contributed by atoms with Crippen molar-refractivity contribution < 1.29 is 18.8 Å². The minimum atomic E-state index is -0.499. The maximum absolute atomic E-state index is 13.2. The Labute approximate surface area is 213 Å². The third-order valence-electron chi connectivity index (χ3n) is 6.77. The third kappa shape index (κ3) is 7.10. The first-order chi connectivity index (χ1) is 17.3. The highest BCUT2D eigenvalue weighted by Crippen LogP contribution is 2.20. The summed E-state index contributed by atoms with van der Waals surface area (Å²) in [6.45, 7) is 10.0. The Morgan fingerprint density at radius 1 is 1.17 bits per heavy atom. The predicted octanol–water partition coefficient (Wildman–Crippen LogP) is 5.04. The molecule has 7 heteroatoms. The molecule has 6 nitrogen and oxygen atoms in total. The van der Waals surface area contributed by atoms with Gasteiger partial charge in [0.05, 0.1) is 6.54 Å². The van der Waals surface area contributed by atoms with Gasteiger partial charge in [-0.2, -0.15) is 0 Å². The van der Waals surface area contributed by atoms with E-state index in [4.69, 9.17) is 0 Å². The molecular weight excluding hydrogens is 457 g/mol. The number of carbonyl (C=O) groups is 3. The van der Waals surface area contributed by atoms with Crippen molar-refractivity contribution in [1.29, 1.82) is 0 Å². The zero-order valence-electron chi connectivity index (χ0n) is 21.3. The molecular formula is C29H36FN3O3. The Morgan fingerprint density at radius 3 is 2.58 bits per heavy atom. The molecule has 1 heterocycles. The summed E-state index contributed by atoms with van der Waals surface area (Å²) in [7, 11) is 0. The number of imide groups is 1. The summed E-state index contributed by atoms with van der Waals surface area (Å²) < 4.78 is 13.2. The molecule has 1 fully saturated rings. The quantitative estimate of drug-likeness (QED) is 0.471. The molecule has 36 heavy (non-hydrogen) atoms. The summed E-state index contributed by atoms with van der Waals surface area (Å²) in [5.74, 6) is -1.53. The second-order valence-corrected chi connectivity index (χ2v) is 9.25. The minimum absolute atomic E-state index is 0.0170. The minimum Gasteiger partial charge on any atom is -0.352 e. The lowest BCUT2D eigenvalue weighted by atomic mass is 10.00.